The van der Waals surface area contributed by atoms with Crippen molar-refractivity contribution in [2.45, 2.75) is 38.0 Å². The lowest BCUT2D eigenvalue weighted by molar-refractivity contribution is -0.614. The molecule has 1 N–H and O–H groups in total. The highest BCUT2D eigenvalue weighted by atomic mass is 35.5. The smallest absolute Gasteiger partial charge is 0.309 e. The van der Waals surface area contributed by atoms with E-state index in [1.54, 1.807) is 30.4 Å². The molecule has 3 aromatic rings. The maximum atomic E-state index is 14.7. The number of ether oxygens (including phenoxy) is 1. The van der Waals surface area contributed by atoms with E-state index in [9.17, 15) is 28.8 Å². The number of fused-ring (bicyclic) bond motifs is 2. The van der Waals surface area contributed by atoms with Crippen molar-refractivity contribution in [1.29, 1.82) is 0 Å². The van der Waals surface area contributed by atoms with Gasteiger partial charge in [-0.25, -0.2) is 18.8 Å². The first-order valence-corrected chi connectivity index (χ1v) is 13.6. The van der Waals surface area contributed by atoms with Crippen LogP contribution >= 0.6 is 11.6 Å². The number of methoxy groups -OCH3 is 1. The molecule has 1 aromatic heterocycles. The van der Waals surface area contributed by atoms with Crippen LogP contribution in [0.5, 0.6) is 0 Å². The summed E-state index contributed by atoms with van der Waals surface area (Å²) in [6.45, 7) is 0. The molecule has 3 heterocycles. The van der Waals surface area contributed by atoms with E-state index >= 15 is 0 Å². The Kier molecular flexibility index (Phi) is 8.46. The van der Waals surface area contributed by atoms with Crippen molar-refractivity contribution >= 4 is 29.2 Å². The molecule has 2 aliphatic rings. The zero-order chi connectivity index (χ0) is 30.0. The molecule has 2 aromatic carbocycles. The Morgan fingerprint density at radius 2 is 2.02 bits per heavy atom. The van der Waals surface area contributed by atoms with Gasteiger partial charge in [-0.15, -0.1) is 0 Å². The first-order valence-electron chi connectivity index (χ1n) is 13.2. The predicted octanol–water partition coefficient (Wildman–Crippen LogP) is 4.39. The summed E-state index contributed by atoms with van der Waals surface area (Å²) in [6, 6.07) is 10.1. The van der Waals surface area contributed by atoms with Crippen LogP contribution in [0.2, 0.25) is 5.02 Å². The number of carbonyl (C=O) groups is 2. The van der Waals surface area contributed by atoms with Crippen LogP contribution in [0.1, 0.15) is 42.9 Å². The SMILES string of the molecule is COC(=O)Cc1ccc2c(c1)=NC(=O)CCCCC(c1ccc(-c3c(F)ccc(Cl)c3F)c[n+]1[O-])C1=CC=2N(O)C=C1. The normalized spacial score (nSPS) is 17.0. The Balaban J connectivity index is 1.64. The Bertz CT molecular complexity index is 1770. The molecule has 11 heteroatoms. The molecular weight excluding hydrogens is 568 g/mol. The van der Waals surface area contributed by atoms with Gasteiger partial charge in [0.15, 0.2) is 17.7 Å². The van der Waals surface area contributed by atoms with Gasteiger partial charge in [0.1, 0.15) is 5.82 Å². The molecule has 0 aliphatic carbocycles. The Hall–Kier alpha value is -4.41. The Morgan fingerprint density at radius 1 is 1.21 bits per heavy atom. The molecule has 8 nitrogen and oxygen atoms in total. The van der Waals surface area contributed by atoms with Gasteiger partial charge in [0.05, 0.1) is 46.7 Å². The van der Waals surface area contributed by atoms with E-state index in [2.05, 4.69) is 4.99 Å². The van der Waals surface area contributed by atoms with Crippen molar-refractivity contribution in [1.82, 2.24) is 5.06 Å². The van der Waals surface area contributed by atoms with Crippen molar-refractivity contribution in [2.24, 2.45) is 4.99 Å². The minimum atomic E-state index is -0.959. The summed E-state index contributed by atoms with van der Waals surface area (Å²) in [7, 11) is 1.29. The molecule has 0 fully saturated rings. The number of nitrogens with zero attached hydrogens (tertiary/aromatic N) is 3. The fourth-order valence-corrected chi connectivity index (χ4v) is 5.32. The lowest BCUT2D eigenvalue weighted by Gasteiger charge is -2.24. The van der Waals surface area contributed by atoms with Gasteiger partial charge < -0.3 is 9.94 Å². The number of hydrogen-bond acceptors (Lipinski definition) is 6. The van der Waals surface area contributed by atoms with Crippen molar-refractivity contribution in [3.8, 4) is 11.1 Å². The monoisotopic (exact) mass is 593 g/mol. The number of rotatable bonds is 4. The van der Waals surface area contributed by atoms with Crippen molar-refractivity contribution in [3.05, 3.63) is 116 Å². The quantitative estimate of drug-likeness (QED) is 0.208. The zero-order valence-electron chi connectivity index (χ0n) is 22.5. The summed E-state index contributed by atoms with van der Waals surface area (Å²) in [6.07, 6.45) is 7.62. The molecule has 1 atom stereocenters. The van der Waals surface area contributed by atoms with E-state index in [1.165, 1.54) is 25.4 Å². The number of amides is 1. The number of hydrogen-bond donors (Lipinski definition) is 1. The third-order valence-corrected chi connectivity index (χ3v) is 7.58. The fourth-order valence-electron chi connectivity index (χ4n) is 5.16. The number of esters is 1. The molecule has 0 radical (unpaired) electrons. The second-order valence-corrected chi connectivity index (χ2v) is 10.4. The highest BCUT2D eigenvalue weighted by molar-refractivity contribution is 6.31. The van der Waals surface area contributed by atoms with Crippen LogP contribution in [0.25, 0.3) is 16.8 Å². The van der Waals surface area contributed by atoms with Crippen molar-refractivity contribution < 1.29 is 33.0 Å². The van der Waals surface area contributed by atoms with Crippen molar-refractivity contribution in [2.75, 3.05) is 7.11 Å². The molecule has 1 unspecified atom stereocenters. The molecule has 0 saturated heterocycles. The number of halogens is 3. The van der Waals surface area contributed by atoms with Crippen LogP contribution in [-0.4, -0.2) is 29.3 Å². The highest BCUT2D eigenvalue weighted by Crippen LogP contribution is 2.35. The summed E-state index contributed by atoms with van der Waals surface area (Å²) in [4.78, 5) is 28.9. The zero-order valence-corrected chi connectivity index (χ0v) is 23.3. The van der Waals surface area contributed by atoms with Gasteiger partial charge in [0.2, 0.25) is 5.91 Å². The van der Waals surface area contributed by atoms with Gasteiger partial charge in [0.25, 0.3) is 0 Å². The van der Waals surface area contributed by atoms with Crippen molar-refractivity contribution in [3.63, 3.8) is 0 Å². The number of pyridine rings is 1. The highest BCUT2D eigenvalue weighted by Gasteiger charge is 2.27. The van der Waals surface area contributed by atoms with Crippen LogP contribution in [0.15, 0.2) is 77.6 Å². The number of benzene rings is 2. The molecule has 0 saturated carbocycles. The van der Waals surface area contributed by atoms with E-state index in [1.807, 2.05) is 0 Å². The Morgan fingerprint density at radius 3 is 2.79 bits per heavy atom. The third kappa shape index (κ3) is 5.95. The first-order chi connectivity index (χ1) is 20.2. The maximum Gasteiger partial charge on any atom is 0.309 e. The maximum absolute atomic E-state index is 14.7. The molecule has 2 aliphatic heterocycles. The minimum Gasteiger partial charge on any atom is -0.618 e. The topological polar surface area (TPSA) is 106 Å². The summed E-state index contributed by atoms with van der Waals surface area (Å²) < 4.78 is 34.5. The van der Waals surface area contributed by atoms with E-state index in [-0.39, 0.29) is 34.7 Å². The molecule has 42 heavy (non-hydrogen) atoms. The minimum absolute atomic E-state index is 0.0167. The summed E-state index contributed by atoms with van der Waals surface area (Å²) >= 11 is 5.85. The van der Waals surface area contributed by atoms with Crippen LogP contribution in [0.4, 0.5) is 8.78 Å². The van der Waals surface area contributed by atoms with E-state index in [4.69, 9.17) is 16.3 Å². The summed E-state index contributed by atoms with van der Waals surface area (Å²) in [5, 5.41) is 25.4. The molecule has 5 rings (SSSR count). The van der Waals surface area contributed by atoms with Gasteiger partial charge in [0, 0.05) is 23.9 Å². The molecular formula is C31H26ClF2N3O5. The molecule has 216 valence electrons. The second-order valence-electron chi connectivity index (χ2n) is 9.98. The molecule has 2 bridgehead atoms. The molecule has 0 spiro atoms. The van der Waals surface area contributed by atoms with E-state index in [0.29, 0.717) is 51.7 Å². The van der Waals surface area contributed by atoms with Gasteiger partial charge in [-0.05, 0) is 60.4 Å². The van der Waals surface area contributed by atoms with Crippen LogP contribution in [0, 0.1) is 16.8 Å². The van der Waals surface area contributed by atoms with Gasteiger partial charge in [-0.2, -0.15) is 4.73 Å². The van der Waals surface area contributed by atoms with Gasteiger partial charge in [-0.1, -0.05) is 30.2 Å². The van der Waals surface area contributed by atoms with Crippen LogP contribution in [-0.2, 0) is 20.7 Å². The lowest BCUT2D eigenvalue weighted by atomic mass is 9.87. The number of carbonyl (C=O) groups excluding carboxylic acids is 2. The largest absolute Gasteiger partial charge is 0.618 e. The predicted molar refractivity (Wildman–Crippen MR) is 149 cm³/mol. The number of aromatic nitrogens is 1. The third-order valence-electron chi connectivity index (χ3n) is 7.29. The average Bonchev–Trinajstić information content (AvgIpc) is 2.96. The van der Waals surface area contributed by atoms with Gasteiger partial charge >= 0.3 is 5.97 Å². The fraction of sp³-hybridized carbons (Fsp3) is 0.226. The Labute approximate surface area is 244 Å². The van der Waals surface area contributed by atoms with Crippen LogP contribution < -0.4 is 15.3 Å². The standard InChI is InChI=1S/C31H26ClF2N3O5/c1-42-29(39)15-18-6-8-22-25(14-18)35-28(38)5-3-2-4-21(19-12-13-36(40)27(22)16-19)26-11-7-20(17-37(26)41)30-24(33)10-9-23(32)31(30)34/h6-14,16-17,21,40H,2-5,15H2,1H3. The summed E-state index contributed by atoms with van der Waals surface area (Å²) in [5.41, 5.74) is 1.56. The average molecular weight is 594 g/mol. The van der Waals surface area contributed by atoms with Crippen LogP contribution in [0.3, 0.4) is 0 Å². The number of hydroxylamine groups is 2. The first kappa shape index (κ1) is 29.1. The van der Waals surface area contributed by atoms with E-state index in [0.717, 1.165) is 23.4 Å². The second kappa shape index (κ2) is 12.2. The number of allylic oxidation sites excluding steroid dienone is 2. The lowest BCUT2D eigenvalue weighted by Crippen LogP contribution is -2.36. The molecule has 1 amide bonds. The summed E-state index contributed by atoms with van der Waals surface area (Å²) in [5.74, 6) is -3.09. The van der Waals surface area contributed by atoms with Gasteiger partial charge in [-0.3, -0.25) is 14.8 Å². The van der Waals surface area contributed by atoms with E-state index < -0.39 is 29.1 Å².